The summed E-state index contributed by atoms with van der Waals surface area (Å²) in [5.74, 6) is -3.44. The maximum atomic E-state index is 13.7. The molecule has 0 fully saturated rings. The van der Waals surface area contributed by atoms with Crippen LogP contribution in [0.15, 0.2) is 35.2 Å². The van der Waals surface area contributed by atoms with Crippen molar-refractivity contribution in [1.82, 2.24) is 0 Å². The highest BCUT2D eigenvalue weighted by Gasteiger charge is 2.35. The van der Waals surface area contributed by atoms with Crippen LogP contribution in [-0.2, 0) is 16.2 Å². The van der Waals surface area contributed by atoms with E-state index in [9.17, 15) is 30.4 Å². The van der Waals surface area contributed by atoms with E-state index in [0.29, 0.717) is 0 Å². The molecule has 2 rings (SSSR count). The van der Waals surface area contributed by atoms with Crippen molar-refractivity contribution in [3.05, 3.63) is 57.6 Å². The van der Waals surface area contributed by atoms with E-state index in [2.05, 4.69) is 0 Å². The lowest BCUT2D eigenvalue weighted by Gasteiger charge is -2.13. The standard InChI is InChI=1S/C13H6Cl2F5NO2S/c14-6-1-2-8(15)12(3-6)24(22,23)21-11-5-9(16)7(4-10(11)17)13(18,19)20/h1-5,21H. The molecule has 0 heterocycles. The molecular weight excluding hydrogens is 400 g/mol. The van der Waals surface area contributed by atoms with E-state index in [1.807, 2.05) is 0 Å². The zero-order chi connectivity index (χ0) is 18.3. The van der Waals surface area contributed by atoms with Gasteiger partial charge >= 0.3 is 6.18 Å². The fourth-order valence-electron chi connectivity index (χ4n) is 1.73. The fourth-order valence-corrected chi connectivity index (χ4v) is 3.55. The van der Waals surface area contributed by atoms with E-state index in [4.69, 9.17) is 23.2 Å². The summed E-state index contributed by atoms with van der Waals surface area (Å²) in [6.07, 6.45) is -5.13. The molecule has 2 aromatic carbocycles. The van der Waals surface area contributed by atoms with Gasteiger partial charge < -0.3 is 0 Å². The molecule has 0 aromatic heterocycles. The van der Waals surface area contributed by atoms with Crippen molar-refractivity contribution in [2.24, 2.45) is 0 Å². The zero-order valence-corrected chi connectivity index (χ0v) is 13.6. The number of sulfonamides is 1. The van der Waals surface area contributed by atoms with Crippen LogP contribution in [0.25, 0.3) is 0 Å². The number of hydrogen-bond donors (Lipinski definition) is 1. The first kappa shape index (κ1) is 18.8. The smallest absolute Gasteiger partial charge is 0.276 e. The lowest BCUT2D eigenvalue weighted by molar-refractivity contribution is -0.140. The Hall–Kier alpha value is -1.58. The van der Waals surface area contributed by atoms with Gasteiger partial charge in [-0.25, -0.2) is 17.2 Å². The minimum Gasteiger partial charge on any atom is -0.276 e. The topological polar surface area (TPSA) is 46.2 Å². The molecule has 3 nitrogen and oxygen atoms in total. The van der Waals surface area contributed by atoms with Gasteiger partial charge in [-0.15, -0.1) is 0 Å². The SMILES string of the molecule is O=S(=O)(Nc1cc(F)c(C(F)(F)F)cc1F)c1cc(Cl)ccc1Cl. The Morgan fingerprint density at radius 1 is 0.958 bits per heavy atom. The van der Waals surface area contributed by atoms with Gasteiger partial charge in [-0.05, 0) is 24.3 Å². The molecule has 0 aliphatic heterocycles. The molecule has 0 atom stereocenters. The van der Waals surface area contributed by atoms with E-state index < -0.39 is 44.0 Å². The lowest BCUT2D eigenvalue weighted by atomic mass is 10.2. The Balaban J connectivity index is 2.48. The van der Waals surface area contributed by atoms with Crippen molar-refractivity contribution in [1.29, 1.82) is 0 Å². The second-order valence-corrected chi connectivity index (χ2v) is 6.98. The molecule has 0 amide bonds. The second-order valence-electron chi connectivity index (χ2n) is 4.49. The first-order valence-corrected chi connectivity index (χ1v) is 8.20. The molecule has 1 N–H and O–H groups in total. The Morgan fingerprint density at radius 3 is 2.17 bits per heavy atom. The summed E-state index contributed by atoms with van der Waals surface area (Å²) in [5, 5.41) is -0.265. The average molecular weight is 406 g/mol. The summed E-state index contributed by atoms with van der Waals surface area (Å²) >= 11 is 11.4. The van der Waals surface area contributed by atoms with Crippen LogP contribution >= 0.6 is 23.2 Å². The average Bonchev–Trinajstić information content (AvgIpc) is 2.43. The molecule has 0 saturated carbocycles. The van der Waals surface area contributed by atoms with Gasteiger partial charge in [0.15, 0.2) is 0 Å². The number of halogens is 7. The monoisotopic (exact) mass is 405 g/mol. The quantitative estimate of drug-likeness (QED) is 0.722. The number of nitrogens with one attached hydrogen (secondary N) is 1. The van der Waals surface area contributed by atoms with Crippen molar-refractivity contribution in [3.8, 4) is 0 Å². The Morgan fingerprint density at radius 2 is 1.58 bits per heavy atom. The Bertz CT molecular complexity index is 900. The van der Waals surface area contributed by atoms with Crippen LogP contribution in [0.4, 0.5) is 27.6 Å². The Labute approximate surface area is 143 Å². The zero-order valence-electron chi connectivity index (χ0n) is 11.3. The van der Waals surface area contributed by atoms with E-state index in [1.165, 1.54) is 6.07 Å². The number of rotatable bonds is 3. The molecule has 130 valence electrons. The van der Waals surface area contributed by atoms with Crippen LogP contribution in [-0.4, -0.2) is 8.42 Å². The third-order valence-electron chi connectivity index (χ3n) is 2.79. The van der Waals surface area contributed by atoms with E-state index in [-0.39, 0.29) is 22.2 Å². The van der Waals surface area contributed by atoms with Crippen LogP contribution in [0.3, 0.4) is 0 Å². The molecule has 2 aromatic rings. The van der Waals surface area contributed by atoms with Gasteiger partial charge in [-0.2, -0.15) is 13.2 Å². The molecule has 0 unspecified atom stereocenters. The van der Waals surface area contributed by atoms with Crippen LogP contribution in [0.2, 0.25) is 10.0 Å². The third kappa shape index (κ3) is 3.90. The Kier molecular flexibility index (Phi) is 4.98. The van der Waals surface area contributed by atoms with Crippen molar-refractivity contribution in [2.45, 2.75) is 11.1 Å². The minimum atomic E-state index is -5.13. The molecule has 0 aliphatic carbocycles. The normalized spacial score (nSPS) is 12.3. The van der Waals surface area contributed by atoms with Crippen molar-refractivity contribution in [2.75, 3.05) is 4.72 Å². The van der Waals surface area contributed by atoms with Gasteiger partial charge in [-0.1, -0.05) is 23.2 Å². The molecule has 0 saturated heterocycles. The molecule has 24 heavy (non-hydrogen) atoms. The van der Waals surface area contributed by atoms with Crippen molar-refractivity contribution >= 4 is 38.9 Å². The number of benzene rings is 2. The van der Waals surface area contributed by atoms with Gasteiger partial charge in [0.1, 0.15) is 16.5 Å². The van der Waals surface area contributed by atoms with E-state index in [1.54, 1.807) is 4.72 Å². The summed E-state index contributed by atoms with van der Waals surface area (Å²) in [7, 11) is -4.51. The van der Waals surface area contributed by atoms with Crippen molar-refractivity contribution in [3.63, 3.8) is 0 Å². The van der Waals surface area contributed by atoms with E-state index in [0.717, 1.165) is 12.1 Å². The van der Waals surface area contributed by atoms with Crippen LogP contribution < -0.4 is 4.72 Å². The minimum absolute atomic E-state index is 0.00107. The third-order valence-corrected chi connectivity index (χ3v) is 4.87. The largest absolute Gasteiger partial charge is 0.419 e. The summed E-state index contributed by atoms with van der Waals surface area (Å²) < 4.78 is 90.6. The lowest BCUT2D eigenvalue weighted by Crippen LogP contribution is -2.16. The van der Waals surface area contributed by atoms with Gasteiger partial charge in [0.05, 0.1) is 16.3 Å². The predicted octanol–water partition coefficient (Wildman–Crippen LogP) is 5.09. The first-order chi connectivity index (χ1) is 10.9. The summed E-state index contributed by atoms with van der Waals surface area (Å²) in [6, 6.07) is 3.34. The van der Waals surface area contributed by atoms with Crippen LogP contribution in [0.1, 0.15) is 5.56 Å². The van der Waals surface area contributed by atoms with Crippen LogP contribution in [0.5, 0.6) is 0 Å². The summed E-state index contributed by atoms with van der Waals surface area (Å²) in [6.45, 7) is 0. The molecule has 0 radical (unpaired) electrons. The number of alkyl halides is 3. The summed E-state index contributed by atoms with van der Waals surface area (Å²) in [4.78, 5) is -0.545. The molecular formula is C13H6Cl2F5NO2S. The highest BCUT2D eigenvalue weighted by molar-refractivity contribution is 7.92. The highest BCUT2D eigenvalue weighted by Crippen LogP contribution is 2.35. The highest BCUT2D eigenvalue weighted by atomic mass is 35.5. The maximum Gasteiger partial charge on any atom is 0.419 e. The number of anilines is 1. The molecule has 0 bridgehead atoms. The summed E-state index contributed by atoms with van der Waals surface area (Å²) in [5.41, 5.74) is -2.86. The van der Waals surface area contributed by atoms with Gasteiger partial charge in [-0.3, -0.25) is 4.72 Å². The molecule has 11 heteroatoms. The van der Waals surface area contributed by atoms with Crippen molar-refractivity contribution < 1.29 is 30.4 Å². The first-order valence-electron chi connectivity index (χ1n) is 5.96. The second kappa shape index (κ2) is 6.38. The van der Waals surface area contributed by atoms with Gasteiger partial charge in [0.2, 0.25) is 0 Å². The molecule has 0 aliphatic rings. The maximum absolute atomic E-state index is 13.7. The predicted molar refractivity (Wildman–Crippen MR) is 78.6 cm³/mol. The van der Waals surface area contributed by atoms with Gasteiger partial charge in [0, 0.05) is 11.1 Å². The van der Waals surface area contributed by atoms with Crippen LogP contribution in [0, 0.1) is 11.6 Å². The number of hydrogen-bond acceptors (Lipinski definition) is 2. The molecule has 0 spiro atoms. The van der Waals surface area contributed by atoms with Gasteiger partial charge in [0.25, 0.3) is 10.0 Å². The fraction of sp³-hybridized carbons (Fsp3) is 0.0769. The van der Waals surface area contributed by atoms with E-state index >= 15 is 0 Å².